The molecule has 0 amide bonds. The Labute approximate surface area is 268 Å². The number of carbonyl (C=O) groups excluding carboxylic acids is 1. The molecule has 1 saturated heterocycles. The number of unbranched alkanes of at least 4 members (excludes halogenated alkanes) is 8. The molecule has 0 unspecified atom stereocenters. The Hall–Kier alpha value is -3.42. The van der Waals surface area contributed by atoms with Crippen LogP contribution in [0.15, 0.2) is 18.2 Å². The van der Waals surface area contributed by atoms with Crippen molar-refractivity contribution in [2.45, 2.75) is 121 Å². The van der Waals surface area contributed by atoms with Crippen molar-refractivity contribution in [1.82, 2.24) is 0 Å². The third-order valence-electron chi connectivity index (χ3n) is 8.48. The van der Waals surface area contributed by atoms with Gasteiger partial charge in [0.05, 0.1) is 12.2 Å². The number of aromatic hydroxyl groups is 3. The number of esters is 1. The van der Waals surface area contributed by atoms with Crippen molar-refractivity contribution in [2.75, 3.05) is 6.61 Å². The summed E-state index contributed by atoms with van der Waals surface area (Å²) in [6.07, 6.45) is 1.19. The number of aromatic carboxylic acids is 1. The number of phenolic OH excluding ortho intramolecular Hbond substituents is 2. The molecule has 5 atom stereocenters. The van der Waals surface area contributed by atoms with Gasteiger partial charge in [-0.05, 0) is 48.9 Å². The summed E-state index contributed by atoms with van der Waals surface area (Å²) in [6, 6.07) is 3.60. The van der Waals surface area contributed by atoms with Crippen LogP contribution in [-0.4, -0.2) is 83.8 Å². The number of carbonyl (C=O) groups is 2. The van der Waals surface area contributed by atoms with Gasteiger partial charge in [-0.2, -0.15) is 0 Å². The topological polar surface area (TPSA) is 214 Å². The van der Waals surface area contributed by atoms with Crippen molar-refractivity contribution >= 4 is 11.9 Å². The molecule has 12 nitrogen and oxygen atoms in total. The van der Waals surface area contributed by atoms with Crippen LogP contribution in [0.2, 0.25) is 0 Å². The number of rotatable bonds is 17. The molecular formula is C34H48O12. The minimum Gasteiger partial charge on any atom is -0.507 e. The fraction of sp³-hybridized carbons (Fsp3) is 0.588. The number of benzene rings is 2. The van der Waals surface area contributed by atoms with Crippen molar-refractivity contribution in [3.63, 3.8) is 0 Å². The van der Waals surface area contributed by atoms with Gasteiger partial charge in [0.2, 0.25) is 0 Å². The molecule has 1 fully saturated rings. The van der Waals surface area contributed by atoms with Crippen molar-refractivity contribution in [2.24, 2.45) is 0 Å². The highest BCUT2D eigenvalue weighted by atomic mass is 16.5. The summed E-state index contributed by atoms with van der Waals surface area (Å²) in [5, 5.41) is 83.6. The Morgan fingerprint density at radius 3 is 1.85 bits per heavy atom. The molecule has 46 heavy (non-hydrogen) atoms. The van der Waals surface area contributed by atoms with E-state index < -0.39 is 71.9 Å². The second kappa shape index (κ2) is 17.5. The summed E-state index contributed by atoms with van der Waals surface area (Å²) in [7, 11) is 0. The van der Waals surface area contributed by atoms with E-state index in [0.717, 1.165) is 57.4 Å². The average molecular weight is 649 g/mol. The summed E-state index contributed by atoms with van der Waals surface area (Å²) in [5.74, 6) is -4.50. The van der Waals surface area contributed by atoms with E-state index >= 15 is 0 Å². The highest BCUT2D eigenvalue weighted by Gasteiger charge is 2.46. The van der Waals surface area contributed by atoms with Gasteiger partial charge >= 0.3 is 11.9 Å². The zero-order valence-electron chi connectivity index (χ0n) is 26.5. The predicted octanol–water partition coefficient (Wildman–Crippen LogP) is 4.26. The molecular weight excluding hydrogens is 600 g/mol. The SMILES string of the molecule is CCCCCCCc1cc(OC(=O)c2c(CCCCCCC)cc(O)c([C@@H]3O[C@H](CO)[C@@H](O)[C@H](O)[C@H]3O)c2O)cc(O)c1C(=O)O. The number of aliphatic hydroxyl groups excluding tert-OH is 4. The van der Waals surface area contributed by atoms with Crippen LogP contribution < -0.4 is 4.74 Å². The first-order valence-corrected chi connectivity index (χ1v) is 16.2. The van der Waals surface area contributed by atoms with Crippen molar-refractivity contribution < 1.29 is 59.9 Å². The van der Waals surface area contributed by atoms with Crippen molar-refractivity contribution in [3.05, 3.63) is 46.0 Å². The van der Waals surface area contributed by atoms with Gasteiger partial charge in [-0.15, -0.1) is 0 Å². The molecule has 0 bridgehead atoms. The van der Waals surface area contributed by atoms with Crippen LogP contribution in [0.3, 0.4) is 0 Å². The number of carboxylic acid groups (broad SMARTS) is 1. The fourth-order valence-corrected chi connectivity index (χ4v) is 5.92. The number of hydrogen-bond acceptors (Lipinski definition) is 11. The summed E-state index contributed by atoms with van der Waals surface area (Å²) in [4.78, 5) is 25.7. The summed E-state index contributed by atoms with van der Waals surface area (Å²) in [5.41, 5.74) is -0.591. The normalized spacial score (nSPS) is 21.3. The first-order valence-electron chi connectivity index (χ1n) is 16.2. The smallest absolute Gasteiger partial charge is 0.347 e. The lowest BCUT2D eigenvalue weighted by atomic mass is 9.87. The predicted molar refractivity (Wildman–Crippen MR) is 167 cm³/mol. The van der Waals surface area contributed by atoms with E-state index in [1.165, 1.54) is 12.1 Å². The maximum atomic E-state index is 13.7. The molecule has 12 heteroatoms. The van der Waals surface area contributed by atoms with Crippen molar-refractivity contribution in [1.29, 1.82) is 0 Å². The molecule has 2 aromatic carbocycles. The van der Waals surface area contributed by atoms with Crippen LogP contribution in [0.1, 0.15) is 122 Å². The number of phenols is 3. The molecule has 0 spiro atoms. The quantitative estimate of drug-likeness (QED) is 0.0686. The van der Waals surface area contributed by atoms with Crippen LogP contribution >= 0.6 is 0 Å². The van der Waals surface area contributed by atoms with Gasteiger partial charge in [0.15, 0.2) is 0 Å². The zero-order chi connectivity index (χ0) is 34.0. The molecule has 3 rings (SSSR count). The lowest BCUT2D eigenvalue weighted by molar-refractivity contribution is -0.232. The first-order chi connectivity index (χ1) is 22.0. The van der Waals surface area contributed by atoms with E-state index in [-0.39, 0.29) is 34.4 Å². The minimum absolute atomic E-state index is 0.160. The molecule has 2 aromatic rings. The summed E-state index contributed by atoms with van der Waals surface area (Å²) in [6.45, 7) is 3.40. The largest absolute Gasteiger partial charge is 0.507 e. The van der Waals surface area contributed by atoms with Crippen LogP contribution in [-0.2, 0) is 17.6 Å². The van der Waals surface area contributed by atoms with E-state index in [1.807, 2.05) is 0 Å². The van der Waals surface area contributed by atoms with E-state index in [4.69, 9.17) is 9.47 Å². The van der Waals surface area contributed by atoms with Gasteiger partial charge in [0, 0.05) is 6.07 Å². The van der Waals surface area contributed by atoms with Gasteiger partial charge in [0.1, 0.15) is 64.6 Å². The van der Waals surface area contributed by atoms with Crippen LogP contribution in [0.5, 0.6) is 23.0 Å². The van der Waals surface area contributed by atoms with Crippen LogP contribution in [0.4, 0.5) is 0 Å². The van der Waals surface area contributed by atoms with E-state index in [0.29, 0.717) is 19.3 Å². The molecule has 1 aliphatic rings. The molecule has 0 saturated carbocycles. The Morgan fingerprint density at radius 1 is 0.739 bits per heavy atom. The number of carboxylic acids is 1. The molecule has 0 radical (unpaired) electrons. The second-order valence-corrected chi connectivity index (χ2v) is 11.9. The Kier molecular flexibility index (Phi) is 14.1. The number of aryl methyl sites for hydroxylation is 2. The standard InChI is InChI=1S/C34H48O12/c1-3-5-7-9-11-13-19-15-21(17-23(37)25(19)33(42)43)45-34(44)26-20(14-12-10-8-6-4-2)16-22(36)27(29(26)39)32-31(41)30(40)28(38)24(18-35)46-32/h15-17,24,28,30-32,35-41H,3-14,18H2,1-2H3,(H,42,43)/t24-,28-,30+,31-,32+/m1/s1. The van der Waals surface area contributed by atoms with Crippen molar-refractivity contribution in [3.8, 4) is 23.0 Å². The van der Waals surface area contributed by atoms with Crippen LogP contribution in [0, 0.1) is 0 Å². The summed E-state index contributed by atoms with van der Waals surface area (Å²) >= 11 is 0. The van der Waals surface area contributed by atoms with E-state index in [2.05, 4.69) is 13.8 Å². The maximum absolute atomic E-state index is 13.7. The van der Waals surface area contributed by atoms with Crippen LogP contribution in [0.25, 0.3) is 0 Å². The monoisotopic (exact) mass is 648 g/mol. The van der Waals surface area contributed by atoms with Gasteiger partial charge < -0.3 is 50.3 Å². The lowest BCUT2D eigenvalue weighted by Crippen LogP contribution is -2.55. The Balaban J connectivity index is 2.02. The zero-order valence-corrected chi connectivity index (χ0v) is 26.5. The maximum Gasteiger partial charge on any atom is 0.347 e. The lowest BCUT2D eigenvalue weighted by Gasteiger charge is -2.40. The van der Waals surface area contributed by atoms with Gasteiger partial charge in [-0.25, -0.2) is 9.59 Å². The molecule has 1 heterocycles. The summed E-state index contributed by atoms with van der Waals surface area (Å²) < 4.78 is 11.1. The average Bonchev–Trinajstić information content (AvgIpc) is 3.00. The third kappa shape index (κ3) is 8.89. The first kappa shape index (κ1) is 37.0. The van der Waals surface area contributed by atoms with E-state index in [9.17, 15) is 50.4 Å². The Morgan fingerprint density at radius 2 is 1.30 bits per heavy atom. The third-order valence-corrected chi connectivity index (χ3v) is 8.48. The highest BCUT2D eigenvalue weighted by Crippen LogP contribution is 2.45. The Bertz CT molecular complexity index is 1320. The minimum atomic E-state index is -1.85. The number of ether oxygens (including phenoxy) is 2. The molecule has 0 aliphatic carbocycles. The van der Waals surface area contributed by atoms with Gasteiger partial charge in [-0.3, -0.25) is 0 Å². The molecule has 1 aliphatic heterocycles. The van der Waals surface area contributed by atoms with Gasteiger partial charge in [0.25, 0.3) is 0 Å². The molecule has 256 valence electrons. The molecule has 0 aromatic heterocycles. The number of aliphatic hydroxyl groups is 4. The molecule has 8 N–H and O–H groups in total. The number of hydrogen-bond donors (Lipinski definition) is 8. The highest BCUT2D eigenvalue weighted by molar-refractivity contribution is 5.97. The van der Waals surface area contributed by atoms with E-state index in [1.54, 1.807) is 0 Å². The second-order valence-electron chi connectivity index (χ2n) is 11.9. The fourth-order valence-electron chi connectivity index (χ4n) is 5.92. The van der Waals surface area contributed by atoms with Gasteiger partial charge in [-0.1, -0.05) is 65.2 Å².